The van der Waals surface area contributed by atoms with Crippen molar-refractivity contribution in [2.45, 2.75) is 32.4 Å². The Morgan fingerprint density at radius 2 is 2.15 bits per heavy atom. The van der Waals surface area contributed by atoms with Crippen molar-refractivity contribution in [3.05, 3.63) is 24.3 Å². The van der Waals surface area contributed by atoms with Gasteiger partial charge in [0, 0.05) is 12.1 Å². The normalized spacial score (nSPS) is 21.2. The van der Waals surface area contributed by atoms with Crippen LogP contribution in [0.3, 0.4) is 0 Å². The average Bonchev–Trinajstić information content (AvgIpc) is 2.70. The zero-order valence-corrected chi connectivity index (χ0v) is 12.3. The topological polar surface area (TPSA) is 59.6 Å². The third kappa shape index (κ3) is 3.84. The summed E-state index contributed by atoms with van der Waals surface area (Å²) in [4.78, 5) is 11.5. The number of esters is 1. The standard InChI is InChI=1S/C14H18N2O3S/c1-3-18-11-6-4-10(5-7-11)15-14(20)16-12-8-9(2)19-13(12)17/h4-7,9,12H,3,8H2,1-2H3,(H2,15,16,20)/t9-,12-/m1/s1. The van der Waals surface area contributed by atoms with E-state index in [1.165, 1.54) is 0 Å². The second-order valence-corrected chi connectivity index (χ2v) is 5.00. The smallest absolute Gasteiger partial charge is 0.329 e. The van der Waals surface area contributed by atoms with Crippen LogP contribution in [0.4, 0.5) is 5.69 Å². The maximum Gasteiger partial charge on any atom is 0.329 e. The van der Waals surface area contributed by atoms with Gasteiger partial charge in [0.2, 0.25) is 0 Å². The fourth-order valence-corrected chi connectivity index (χ4v) is 2.26. The Morgan fingerprint density at radius 3 is 2.70 bits per heavy atom. The number of nitrogens with one attached hydrogen (secondary N) is 2. The summed E-state index contributed by atoms with van der Waals surface area (Å²) in [7, 11) is 0. The number of carbonyl (C=O) groups is 1. The van der Waals surface area contributed by atoms with Gasteiger partial charge in [-0.25, -0.2) is 4.79 Å². The molecule has 1 heterocycles. The van der Waals surface area contributed by atoms with Crippen molar-refractivity contribution in [1.82, 2.24) is 5.32 Å². The molecule has 1 aromatic carbocycles. The molecule has 0 amide bonds. The van der Waals surface area contributed by atoms with Crippen molar-refractivity contribution >= 4 is 29.0 Å². The highest BCUT2D eigenvalue weighted by Gasteiger charge is 2.32. The van der Waals surface area contributed by atoms with Gasteiger partial charge in [-0.2, -0.15) is 0 Å². The molecule has 0 radical (unpaired) electrons. The highest BCUT2D eigenvalue weighted by molar-refractivity contribution is 7.80. The molecule has 0 aliphatic carbocycles. The van der Waals surface area contributed by atoms with E-state index < -0.39 is 0 Å². The zero-order valence-electron chi connectivity index (χ0n) is 11.5. The molecule has 0 saturated carbocycles. The third-order valence-corrected chi connectivity index (χ3v) is 3.12. The first-order valence-corrected chi connectivity index (χ1v) is 7.00. The number of benzene rings is 1. The molecule has 0 spiro atoms. The van der Waals surface area contributed by atoms with Gasteiger partial charge in [-0.1, -0.05) is 0 Å². The third-order valence-electron chi connectivity index (χ3n) is 2.90. The van der Waals surface area contributed by atoms with Crippen LogP contribution in [0.5, 0.6) is 5.75 Å². The van der Waals surface area contributed by atoms with Crippen LogP contribution in [-0.4, -0.2) is 29.8 Å². The minimum Gasteiger partial charge on any atom is -0.494 e. The van der Waals surface area contributed by atoms with E-state index in [4.69, 9.17) is 21.7 Å². The lowest BCUT2D eigenvalue weighted by atomic mass is 10.2. The molecule has 1 aliphatic heterocycles. The van der Waals surface area contributed by atoms with Crippen LogP contribution in [0.2, 0.25) is 0 Å². The number of carbonyl (C=O) groups excluding carboxylic acids is 1. The molecule has 20 heavy (non-hydrogen) atoms. The van der Waals surface area contributed by atoms with Crippen LogP contribution < -0.4 is 15.4 Å². The highest BCUT2D eigenvalue weighted by Crippen LogP contribution is 2.17. The van der Waals surface area contributed by atoms with Gasteiger partial charge in [0.15, 0.2) is 5.11 Å². The van der Waals surface area contributed by atoms with E-state index in [-0.39, 0.29) is 18.1 Å². The Hall–Kier alpha value is -1.82. The predicted molar refractivity (Wildman–Crippen MR) is 80.9 cm³/mol. The number of hydrogen-bond donors (Lipinski definition) is 2. The molecule has 2 N–H and O–H groups in total. The molecule has 1 aliphatic rings. The SMILES string of the molecule is CCOc1ccc(NC(=S)N[C@@H]2C[C@@H](C)OC2=O)cc1. The average molecular weight is 294 g/mol. The molecular formula is C14H18N2O3S. The molecule has 0 bridgehead atoms. The molecule has 5 nitrogen and oxygen atoms in total. The Balaban J connectivity index is 1.86. The van der Waals surface area contributed by atoms with Crippen LogP contribution >= 0.6 is 12.2 Å². The molecule has 0 unspecified atom stereocenters. The summed E-state index contributed by atoms with van der Waals surface area (Å²) in [5.41, 5.74) is 0.838. The van der Waals surface area contributed by atoms with Crippen LogP contribution in [-0.2, 0) is 9.53 Å². The van der Waals surface area contributed by atoms with Gasteiger partial charge >= 0.3 is 5.97 Å². The quantitative estimate of drug-likeness (QED) is 0.655. The molecule has 108 valence electrons. The summed E-state index contributed by atoms with van der Waals surface area (Å²) in [5.74, 6) is 0.554. The monoisotopic (exact) mass is 294 g/mol. The molecular weight excluding hydrogens is 276 g/mol. The van der Waals surface area contributed by atoms with Gasteiger partial charge in [0.1, 0.15) is 17.9 Å². The zero-order chi connectivity index (χ0) is 14.5. The summed E-state index contributed by atoms with van der Waals surface area (Å²) >= 11 is 5.19. The molecule has 2 atom stereocenters. The van der Waals surface area contributed by atoms with Gasteiger partial charge in [0.25, 0.3) is 0 Å². The Bertz CT molecular complexity index is 490. The van der Waals surface area contributed by atoms with Gasteiger partial charge in [-0.3, -0.25) is 0 Å². The van der Waals surface area contributed by atoms with Crippen LogP contribution in [0.1, 0.15) is 20.3 Å². The van der Waals surface area contributed by atoms with Crippen LogP contribution in [0, 0.1) is 0 Å². The molecule has 1 fully saturated rings. The second kappa shape index (κ2) is 6.56. The lowest BCUT2D eigenvalue weighted by Gasteiger charge is -2.13. The minimum absolute atomic E-state index is 0.0618. The van der Waals surface area contributed by atoms with E-state index in [9.17, 15) is 4.79 Å². The molecule has 2 rings (SSSR count). The van der Waals surface area contributed by atoms with E-state index in [1.807, 2.05) is 38.1 Å². The number of thiocarbonyl (C=S) groups is 1. The maximum absolute atomic E-state index is 11.5. The van der Waals surface area contributed by atoms with Gasteiger partial charge in [0.05, 0.1) is 6.61 Å². The second-order valence-electron chi connectivity index (χ2n) is 4.59. The van der Waals surface area contributed by atoms with Crippen molar-refractivity contribution < 1.29 is 14.3 Å². The predicted octanol–water partition coefficient (Wildman–Crippen LogP) is 2.08. The van der Waals surface area contributed by atoms with E-state index >= 15 is 0 Å². The lowest BCUT2D eigenvalue weighted by Crippen LogP contribution is -2.40. The fraction of sp³-hybridized carbons (Fsp3) is 0.429. The number of ether oxygens (including phenoxy) is 2. The number of cyclic esters (lactones) is 1. The minimum atomic E-state index is -0.368. The van der Waals surface area contributed by atoms with E-state index in [2.05, 4.69) is 10.6 Å². The Kier molecular flexibility index (Phi) is 4.79. The first-order valence-electron chi connectivity index (χ1n) is 6.59. The van der Waals surface area contributed by atoms with E-state index in [0.717, 1.165) is 11.4 Å². The van der Waals surface area contributed by atoms with E-state index in [0.29, 0.717) is 18.1 Å². The van der Waals surface area contributed by atoms with Crippen molar-refractivity contribution in [1.29, 1.82) is 0 Å². The van der Waals surface area contributed by atoms with E-state index in [1.54, 1.807) is 0 Å². The summed E-state index contributed by atoms with van der Waals surface area (Å²) < 4.78 is 10.4. The molecule has 6 heteroatoms. The van der Waals surface area contributed by atoms with Gasteiger partial charge in [-0.15, -0.1) is 0 Å². The maximum atomic E-state index is 11.5. The first kappa shape index (κ1) is 14.6. The summed E-state index contributed by atoms with van der Waals surface area (Å²) in [5, 5.41) is 6.40. The largest absolute Gasteiger partial charge is 0.494 e. The van der Waals surface area contributed by atoms with Crippen molar-refractivity contribution in [3.8, 4) is 5.75 Å². The Labute approximate surface area is 123 Å². The van der Waals surface area contributed by atoms with Crippen molar-refractivity contribution in [2.24, 2.45) is 0 Å². The van der Waals surface area contributed by atoms with Crippen LogP contribution in [0.15, 0.2) is 24.3 Å². The van der Waals surface area contributed by atoms with Crippen molar-refractivity contribution in [2.75, 3.05) is 11.9 Å². The fourth-order valence-electron chi connectivity index (χ4n) is 2.00. The number of rotatable bonds is 4. The Morgan fingerprint density at radius 1 is 1.45 bits per heavy atom. The molecule has 0 aromatic heterocycles. The summed E-state index contributed by atoms with van der Waals surface area (Å²) in [6.45, 7) is 4.43. The summed E-state index contributed by atoms with van der Waals surface area (Å²) in [6, 6.07) is 7.09. The van der Waals surface area contributed by atoms with Crippen molar-refractivity contribution in [3.63, 3.8) is 0 Å². The van der Waals surface area contributed by atoms with Crippen LogP contribution in [0.25, 0.3) is 0 Å². The van der Waals surface area contributed by atoms with Gasteiger partial charge < -0.3 is 20.1 Å². The first-order chi connectivity index (χ1) is 9.58. The van der Waals surface area contributed by atoms with Gasteiger partial charge in [-0.05, 0) is 50.3 Å². The molecule has 1 saturated heterocycles. The highest BCUT2D eigenvalue weighted by atomic mass is 32.1. The summed E-state index contributed by atoms with van der Waals surface area (Å²) in [6.07, 6.45) is 0.567. The number of anilines is 1. The number of hydrogen-bond acceptors (Lipinski definition) is 4. The lowest BCUT2D eigenvalue weighted by molar-refractivity contribution is -0.142. The molecule has 1 aromatic rings.